The lowest BCUT2D eigenvalue weighted by molar-refractivity contribution is 0.255. The van der Waals surface area contributed by atoms with Crippen LogP contribution < -0.4 is 9.80 Å². The van der Waals surface area contributed by atoms with E-state index in [9.17, 15) is 13.2 Å². The summed E-state index contributed by atoms with van der Waals surface area (Å²) in [5, 5.41) is 0. The van der Waals surface area contributed by atoms with Crippen LogP contribution in [0.4, 0.5) is 16.2 Å². The molecule has 25 heavy (non-hydrogen) atoms. The lowest BCUT2D eigenvalue weighted by Crippen LogP contribution is -2.37. The fourth-order valence-corrected chi connectivity index (χ4v) is 5.71. The van der Waals surface area contributed by atoms with E-state index in [0.29, 0.717) is 0 Å². The van der Waals surface area contributed by atoms with Gasteiger partial charge in [0.15, 0.2) is 9.84 Å². The van der Waals surface area contributed by atoms with Crippen molar-refractivity contribution in [2.75, 3.05) is 21.3 Å². The Morgan fingerprint density at radius 3 is 1.92 bits per heavy atom. The van der Waals surface area contributed by atoms with Gasteiger partial charge < -0.3 is 0 Å². The summed E-state index contributed by atoms with van der Waals surface area (Å²) >= 11 is 0. The highest BCUT2D eigenvalue weighted by Crippen LogP contribution is 2.37. The fraction of sp³-hybridized carbons (Fsp3) is 0.316. The van der Waals surface area contributed by atoms with Crippen LogP contribution in [-0.4, -0.2) is 38.0 Å². The number of para-hydroxylation sites is 1. The Morgan fingerprint density at radius 2 is 1.40 bits per heavy atom. The van der Waals surface area contributed by atoms with Crippen molar-refractivity contribution < 1.29 is 13.2 Å². The minimum Gasteiger partial charge on any atom is -0.288 e. The van der Waals surface area contributed by atoms with Crippen LogP contribution in [-0.2, 0) is 16.3 Å². The molecule has 4 rings (SSSR count). The molecule has 2 aliphatic rings. The minimum absolute atomic E-state index is 0.0157. The van der Waals surface area contributed by atoms with Gasteiger partial charge in [-0.2, -0.15) is 0 Å². The van der Waals surface area contributed by atoms with E-state index in [1.807, 2.05) is 54.6 Å². The van der Waals surface area contributed by atoms with Gasteiger partial charge in [-0.1, -0.05) is 37.3 Å². The van der Waals surface area contributed by atoms with Crippen molar-refractivity contribution in [2.45, 2.75) is 25.4 Å². The van der Waals surface area contributed by atoms with Gasteiger partial charge in [0.25, 0.3) is 0 Å². The van der Waals surface area contributed by atoms with Gasteiger partial charge in [-0.05, 0) is 36.2 Å². The van der Waals surface area contributed by atoms with Crippen molar-refractivity contribution in [1.29, 1.82) is 0 Å². The van der Waals surface area contributed by atoms with Gasteiger partial charge in [0.2, 0.25) is 0 Å². The number of anilines is 2. The number of carbonyl (C=O) groups is 1. The molecule has 6 heteroatoms. The number of carbonyl (C=O) groups excluding carboxylic acids is 1. The number of hydrogen-bond acceptors (Lipinski definition) is 3. The largest absolute Gasteiger partial charge is 0.329 e. The quantitative estimate of drug-likeness (QED) is 0.795. The zero-order chi connectivity index (χ0) is 17.6. The number of aryl methyl sites for hydroxylation is 1. The van der Waals surface area contributed by atoms with E-state index < -0.39 is 9.84 Å². The van der Waals surface area contributed by atoms with E-state index in [1.165, 1.54) is 5.56 Å². The lowest BCUT2D eigenvalue weighted by atomic mass is 10.1. The van der Waals surface area contributed by atoms with Crippen molar-refractivity contribution in [2.24, 2.45) is 0 Å². The van der Waals surface area contributed by atoms with Gasteiger partial charge in [0, 0.05) is 11.4 Å². The summed E-state index contributed by atoms with van der Waals surface area (Å²) in [7, 11) is -3.16. The minimum atomic E-state index is -3.16. The maximum atomic E-state index is 13.1. The van der Waals surface area contributed by atoms with Gasteiger partial charge in [0.1, 0.15) is 0 Å². The summed E-state index contributed by atoms with van der Waals surface area (Å²) in [6.07, 6.45) is 0.921. The zero-order valence-electron chi connectivity index (χ0n) is 14.0. The highest BCUT2D eigenvalue weighted by Gasteiger charge is 2.54. The molecule has 5 nitrogen and oxygen atoms in total. The number of nitrogens with zero attached hydrogens (tertiary/aromatic N) is 2. The molecule has 0 spiro atoms. The average molecular weight is 356 g/mol. The third-order valence-corrected chi connectivity index (χ3v) is 6.72. The van der Waals surface area contributed by atoms with Crippen molar-refractivity contribution >= 4 is 27.2 Å². The molecule has 2 amide bonds. The fourth-order valence-electron chi connectivity index (χ4n) is 3.79. The van der Waals surface area contributed by atoms with Crippen molar-refractivity contribution in [1.82, 2.24) is 0 Å². The maximum Gasteiger partial charge on any atom is 0.329 e. The smallest absolute Gasteiger partial charge is 0.288 e. The van der Waals surface area contributed by atoms with Crippen LogP contribution in [0.2, 0.25) is 0 Å². The SMILES string of the molecule is CCc1ccc(N2C(=O)N(c3ccccc3)[C@H]3CS(=O)(=O)C[C@H]32)cc1. The first-order valence-electron chi connectivity index (χ1n) is 8.47. The molecule has 2 atom stereocenters. The molecule has 0 aromatic heterocycles. The molecule has 0 radical (unpaired) electrons. The number of urea groups is 1. The number of fused-ring (bicyclic) bond motifs is 1. The van der Waals surface area contributed by atoms with Gasteiger partial charge >= 0.3 is 6.03 Å². The van der Waals surface area contributed by atoms with Crippen LogP contribution >= 0.6 is 0 Å². The van der Waals surface area contributed by atoms with Crippen molar-refractivity contribution in [3.8, 4) is 0 Å². The van der Waals surface area contributed by atoms with Crippen molar-refractivity contribution in [3.05, 3.63) is 60.2 Å². The second kappa shape index (κ2) is 5.88. The molecule has 2 aliphatic heterocycles. The van der Waals surface area contributed by atoms with E-state index in [2.05, 4.69) is 6.92 Å². The lowest BCUT2D eigenvalue weighted by Gasteiger charge is -2.22. The topological polar surface area (TPSA) is 57.7 Å². The summed E-state index contributed by atoms with van der Waals surface area (Å²) < 4.78 is 24.5. The Labute approximate surface area is 147 Å². The number of hydrogen-bond donors (Lipinski definition) is 0. The first-order chi connectivity index (χ1) is 12.0. The van der Waals surface area contributed by atoms with Crippen LogP contribution in [0.5, 0.6) is 0 Å². The standard InChI is InChI=1S/C19H20N2O3S/c1-2-14-8-10-16(11-9-14)21-18-13-25(23,24)12-17(18)20(19(21)22)15-6-4-3-5-7-15/h3-11,17-18H,2,12-13H2,1H3/t17-,18+/m0/s1. The van der Waals surface area contributed by atoms with E-state index in [-0.39, 0.29) is 29.6 Å². The van der Waals surface area contributed by atoms with E-state index >= 15 is 0 Å². The summed E-state index contributed by atoms with van der Waals surface area (Å²) in [6, 6.07) is 16.3. The second-order valence-electron chi connectivity index (χ2n) is 6.59. The molecule has 2 aromatic carbocycles. The Morgan fingerprint density at radius 1 is 0.880 bits per heavy atom. The Balaban J connectivity index is 1.77. The summed E-state index contributed by atoms with van der Waals surface area (Å²) in [5.74, 6) is 0.0319. The number of benzene rings is 2. The van der Waals surface area contributed by atoms with Crippen LogP contribution in [0, 0.1) is 0 Å². The second-order valence-corrected chi connectivity index (χ2v) is 8.74. The van der Waals surface area contributed by atoms with E-state index in [4.69, 9.17) is 0 Å². The highest BCUT2D eigenvalue weighted by molar-refractivity contribution is 7.91. The average Bonchev–Trinajstić information content (AvgIpc) is 3.04. The monoisotopic (exact) mass is 356 g/mol. The Kier molecular flexibility index (Phi) is 3.80. The first-order valence-corrected chi connectivity index (χ1v) is 10.3. The molecule has 130 valence electrons. The van der Waals surface area contributed by atoms with Crippen LogP contribution in [0.3, 0.4) is 0 Å². The molecular weight excluding hydrogens is 336 g/mol. The molecule has 2 aromatic rings. The van der Waals surface area contributed by atoms with Gasteiger partial charge in [-0.25, -0.2) is 13.2 Å². The van der Waals surface area contributed by atoms with Crippen LogP contribution in [0.1, 0.15) is 12.5 Å². The normalized spacial score (nSPS) is 24.6. The maximum absolute atomic E-state index is 13.1. The number of rotatable bonds is 3. The zero-order valence-corrected chi connectivity index (χ0v) is 14.8. The molecule has 0 bridgehead atoms. The van der Waals surface area contributed by atoms with E-state index in [0.717, 1.165) is 17.8 Å². The van der Waals surface area contributed by atoms with Gasteiger partial charge in [0.05, 0.1) is 23.6 Å². The Bertz CT molecular complexity index is 894. The summed E-state index contributed by atoms with van der Waals surface area (Å²) in [5.41, 5.74) is 2.69. The molecule has 0 saturated carbocycles. The molecular formula is C19H20N2O3S. The highest BCUT2D eigenvalue weighted by atomic mass is 32.2. The number of sulfone groups is 1. The Hall–Kier alpha value is -2.34. The van der Waals surface area contributed by atoms with Crippen molar-refractivity contribution in [3.63, 3.8) is 0 Å². The molecule has 2 saturated heterocycles. The molecule has 2 fully saturated rings. The third-order valence-electron chi connectivity index (χ3n) is 5.03. The van der Waals surface area contributed by atoms with Crippen LogP contribution in [0.15, 0.2) is 54.6 Å². The molecule has 0 aliphatic carbocycles. The third kappa shape index (κ3) is 2.70. The van der Waals surface area contributed by atoms with E-state index in [1.54, 1.807) is 9.80 Å². The van der Waals surface area contributed by atoms with Gasteiger partial charge in [-0.3, -0.25) is 9.80 Å². The first kappa shape index (κ1) is 16.1. The summed E-state index contributed by atoms with van der Waals surface area (Å²) in [4.78, 5) is 16.4. The van der Waals surface area contributed by atoms with Crippen LogP contribution in [0.25, 0.3) is 0 Å². The molecule has 0 N–H and O–H groups in total. The predicted octanol–water partition coefficient (Wildman–Crippen LogP) is 2.86. The summed E-state index contributed by atoms with van der Waals surface area (Å²) in [6.45, 7) is 2.08. The molecule has 0 unspecified atom stereocenters. The van der Waals surface area contributed by atoms with Gasteiger partial charge in [-0.15, -0.1) is 0 Å². The number of amides is 2. The molecule has 2 heterocycles. The predicted molar refractivity (Wildman–Crippen MR) is 98.8 cm³/mol.